The van der Waals surface area contributed by atoms with Crippen molar-refractivity contribution >= 4 is 12.1 Å². The Kier molecular flexibility index (Phi) is 5.86. The Morgan fingerprint density at radius 1 is 1.25 bits per heavy atom. The summed E-state index contributed by atoms with van der Waals surface area (Å²) in [7, 11) is 5.74. The fourth-order valence-corrected chi connectivity index (χ4v) is 2.40. The quantitative estimate of drug-likeness (QED) is 0.739. The first kappa shape index (κ1) is 17.4. The van der Waals surface area contributed by atoms with Crippen LogP contribution in [0.4, 0.5) is 0 Å². The summed E-state index contributed by atoms with van der Waals surface area (Å²) in [6, 6.07) is 8.53. The molecule has 0 aliphatic carbocycles. The van der Waals surface area contributed by atoms with Gasteiger partial charge in [-0.3, -0.25) is 9.20 Å². The molecule has 0 amide bonds. The van der Waals surface area contributed by atoms with Gasteiger partial charge in [-0.15, -0.1) is 0 Å². The highest BCUT2D eigenvalue weighted by atomic mass is 16.5. The number of imidazole rings is 1. The highest BCUT2D eigenvalue weighted by molar-refractivity contribution is 5.65. The second kappa shape index (κ2) is 8.07. The molecule has 0 unspecified atom stereocenters. The molecule has 3 aromatic rings. The van der Waals surface area contributed by atoms with Gasteiger partial charge in [0, 0.05) is 24.5 Å². The number of hydrogen-bond donors (Lipinski definition) is 1. The van der Waals surface area contributed by atoms with E-state index >= 15 is 0 Å². The summed E-state index contributed by atoms with van der Waals surface area (Å²) < 4.78 is 7.23. The van der Waals surface area contributed by atoms with Gasteiger partial charge in [0.2, 0.25) is 5.65 Å². The third kappa shape index (κ3) is 3.88. The molecule has 3 rings (SSSR count). The second-order valence-electron chi connectivity index (χ2n) is 5.31. The molecule has 0 fully saturated rings. The lowest BCUT2D eigenvalue weighted by Gasteiger charge is -2.10. The summed E-state index contributed by atoms with van der Waals surface area (Å²) in [5.41, 5.74) is 4.17. The molecule has 0 saturated heterocycles. The van der Waals surface area contributed by atoms with Crippen molar-refractivity contribution in [2.24, 2.45) is 0 Å². The number of ether oxygens (including phenoxy) is 1. The van der Waals surface area contributed by atoms with Gasteiger partial charge in [0.25, 0.3) is 12.4 Å². The van der Waals surface area contributed by atoms with Crippen molar-refractivity contribution in [2.45, 2.75) is 6.54 Å². The van der Waals surface area contributed by atoms with Gasteiger partial charge in [0.05, 0.1) is 19.0 Å². The molecular weight excluding hydrogens is 308 g/mol. The zero-order valence-electron chi connectivity index (χ0n) is 13.9. The van der Waals surface area contributed by atoms with E-state index in [1.165, 1.54) is 5.56 Å². The van der Waals surface area contributed by atoms with E-state index in [4.69, 9.17) is 14.6 Å². The van der Waals surface area contributed by atoms with Gasteiger partial charge in [0.1, 0.15) is 0 Å². The van der Waals surface area contributed by atoms with Gasteiger partial charge in [-0.25, -0.2) is 9.97 Å². The molecule has 0 spiro atoms. The Labute approximate surface area is 140 Å². The van der Waals surface area contributed by atoms with E-state index in [1.54, 1.807) is 13.3 Å². The molecule has 24 heavy (non-hydrogen) atoms. The van der Waals surface area contributed by atoms with Gasteiger partial charge in [-0.2, -0.15) is 0 Å². The second-order valence-corrected chi connectivity index (χ2v) is 5.31. The van der Waals surface area contributed by atoms with Crippen LogP contribution in [0.1, 0.15) is 5.56 Å². The first-order valence-electron chi connectivity index (χ1n) is 7.28. The Morgan fingerprint density at radius 2 is 1.92 bits per heavy atom. The monoisotopic (exact) mass is 328 g/mol. The molecule has 0 atom stereocenters. The van der Waals surface area contributed by atoms with Gasteiger partial charge in [-0.05, 0) is 19.7 Å². The van der Waals surface area contributed by atoms with Crippen LogP contribution >= 0.6 is 0 Å². The number of methoxy groups -OCH3 is 1. The van der Waals surface area contributed by atoms with E-state index in [2.05, 4.69) is 53.2 Å². The van der Waals surface area contributed by atoms with Crippen LogP contribution in [0.3, 0.4) is 0 Å². The Hall–Kier alpha value is -2.93. The number of hydrogen-bond acceptors (Lipinski definition) is 5. The number of nitrogens with zero attached hydrogens (tertiary/aromatic N) is 4. The minimum absolute atomic E-state index is 0.250. The average molecular weight is 328 g/mol. The zero-order valence-corrected chi connectivity index (χ0v) is 13.9. The molecular formula is C17H20N4O3. The molecule has 1 N–H and O–H groups in total. The molecule has 1 aromatic carbocycles. The molecule has 0 radical (unpaired) electrons. The number of rotatable bonds is 4. The number of carbonyl (C=O) groups is 1. The highest BCUT2D eigenvalue weighted by Crippen LogP contribution is 2.24. The Morgan fingerprint density at radius 3 is 2.50 bits per heavy atom. The van der Waals surface area contributed by atoms with E-state index in [0.29, 0.717) is 5.88 Å². The molecule has 7 nitrogen and oxygen atoms in total. The van der Waals surface area contributed by atoms with Crippen LogP contribution in [0.5, 0.6) is 5.88 Å². The first-order valence-corrected chi connectivity index (χ1v) is 7.28. The molecule has 7 heteroatoms. The molecule has 0 saturated carbocycles. The summed E-state index contributed by atoms with van der Waals surface area (Å²) in [5.74, 6) is 0.535. The summed E-state index contributed by atoms with van der Waals surface area (Å²) in [4.78, 5) is 19.1. The van der Waals surface area contributed by atoms with Crippen molar-refractivity contribution in [2.75, 3.05) is 21.2 Å². The summed E-state index contributed by atoms with van der Waals surface area (Å²) in [6.45, 7) is 0.686. The van der Waals surface area contributed by atoms with Gasteiger partial charge in [-0.1, -0.05) is 24.3 Å². The van der Waals surface area contributed by atoms with Gasteiger partial charge < -0.3 is 14.7 Å². The van der Waals surface area contributed by atoms with Crippen molar-refractivity contribution in [1.29, 1.82) is 0 Å². The van der Waals surface area contributed by atoms with Crippen molar-refractivity contribution in [3.05, 3.63) is 48.4 Å². The Balaban J connectivity index is 0.000000647. The van der Waals surface area contributed by atoms with Crippen molar-refractivity contribution in [3.8, 4) is 17.1 Å². The van der Waals surface area contributed by atoms with Gasteiger partial charge in [0.15, 0.2) is 0 Å². The lowest BCUT2D eigenvalue weighted by Crippen LogP contribution is -2.10. The third-order valence-electron chi connectivity index (χ3n) is 3.34. The topological polar surface area (TPSA) is 80.0 Å². The number of carboxylic acid groups (broad SMARTS) is 1. The number of benzene rings is 1. The highest BCUT2D eigenvalue weighted by Gasteiger charge is 2.10. The van der Waals surface area contributed by atoms with E-state index < -0.39 is 0 Å². The maximum absolute atomic E-state index is 8.36. The first-order chi connectivity index (χ1) is 11.6. The molecule has 0 bridgehead atoms. The van der Waals surface area contributed by atoms with Crippen LogP contribution in [0.25, 0.3) is 16.9 Å². The smallest absolute Gasteiger partial charge is 0.290 e. The summed E-state index contributed by atoms with van der Waals surface area (Å²) in [5, 5.41) is 6.89. The molecule has 2 aromatic heterocycles. The predicted octanol–water partition coefficient (Wildman–Crippen LogP) is 2.17. The normalized spacial score (nSPS) is 10.3. The minimum Gasteiger partial charge on any atom is -0.483 e. The van der Waals surface area contributed by atoms with Gasteiger partial charge >= 0.3 is 0 Å². The molecule has 0 aliphatic rings. The maximum Gasteiger partial charge on any atom is 0.290 e. The Bertz CT molecular complexity index is 797. The van der Waals surface area contributed by atoms with E-state index in [1.807, 2.05) is 16.8 Å². The van der Waals surface area contributed by atoms with Crippen LogP contribution in [-0.4, -0.2) is 52.1 Å². The van der Waals surface area contributed by atoms with E-state index in [-0.39, 0.29) is 6.47 Å². The summed E-state index contributed by atoms with van der Waals surface area (Å²) in [6.07, 6.45) is 5.46. The fourth-order valence-electron chi connectivity index (χ4n) is 2.40. The lowest BCUT2D eigenvalue weighted by molar-refractivity contribution is -0.122. The van der Waals surface area contributed by atoms with Crippen LogP contribution in [-0.2, 0) is 11.3 Å². The predicted molar refractivity (Wildman–Crippen MR) is 91.1 cm³/mol. The van der Waals surface area contributed by atoms with E-state index in [9.17, 15) is 0 Å². The summed E-state index contributed by atoms with van der Waals surface area (Å²) >= 11 is 0. The number of fused-ring (bicyclic) bond motifs is 1. The fraction of sp³-hybridized carbons (Fsp3) is 0.235. The molecule has 2 heterocycles. The minimum atomic E-state index is -0.250. The maximum atomic E-state index is 8.36. The van der Waals surface area contributed by atoms with Crippen molar-refractivity contribution in [1.82, 2.24) is 19.3 Å². The molecule has 0 aliphatic heterocycles. The largest absolute Gasteiger partial charge is 0.483 e. The SMILES string of the molecule is COc1nccn2c(-c3ccc(CN(C)C)cc3)cnc12.O=CO. The van der Waals surface area contributed by atoms with Crippen LogP contribution in [0, 0.1) is 0 Å². The third-order valence-corrected chi connectivity index (χ3v) is 3.34. The zero-order chi connectivity index (χ0) is 17.5. The molecule has 126 valence electrons. The van der Waals surface area contributed by atoms with Crippen LogP contribution in [0.15, 0.2) is 42.9 Å². The standard InChI is InChI=1S/C16H18N4O.CH2O2/c1-19(2)11-12-4-6-13(7-5-12)14-10-18-15-16(21-3)17-8-9-20(14)15;2-1-3/h4-10H,11H2,1-3H3;1H,(H,2,3). The lowest BCUT2D eigenvalue weighted by atomic mass is 10.1. The van der Waals surface area contributed by atoms with Crippen LogP contribution in [0.2, 0.25) is 0 Å². The van der Waals surface area contributed by atoms with Crippen molar-refractivity contribution in [3.63, 3.8) is 0 Å². The van der Waals surface area contributed by atoms with Crippen molar-refractivity contribution < 1.29 is 14.6 Å². The van der Waals surface area contributed by atoms with E-state index in [0.717, 1.165) is 23.4 Å². The number of aromatic nitrogens is 3. The van der Waals surface area contributed by atoms with Crippen LogP contribution < -0.4 is 4.74 Å². The average Bonchev–Trinajstić information content (AvgIpc) is 3.00.